The van der Waals surface area contributed by atoms with Gasteiger partial charge in [0.05, 0.1) is 0 Å². The first kappa shape index (κ1) is 19.0. The summed E-state index contributed by atoms with van der Waals surface area (Å²) in [7, 11) is 1.79. The summed E-state index contributed by atoms with van der Waals surface area (Å²) in [5.41, 5.74) is 2.77. The van der Waals surface area contributed by atoms with Crippen molar-refractivity contribution in [2.24, 2.45) is 4.99 Å². The molecule has 6 nitrogen and oxygen atoms in total. The predicted molar refractivity (Wildman–Crippen MR) is 103 cm³/mol. The van der Waals surface area contributed by atoms with Gasteiger partial charge in [0.1, 0.15) is 12.2 Å². The standard InChI is InChI=1S/C19H30N6/c1-6-17-24-23-14-25(17)12-11-21-18(20-5)22-13-15-7-9-16(10-8-15)19(2,3)4/h7-10,14H,6,11-13H2,1-5H3,(H2,20,21,22). The van der Waals surface area contributed by atoms with Crippen molar-refractivity contribution in [3.8, 4) is 0 Å². The first-order valence-electron chi connectivity index (χ1n) is 8.84. The van der Waals surface area contributed by atoms with E-state index < -0.39 is 0 Å². The van der Waals surface area contributed by atoms with Crippen molar-refractivity contribution in [3.05, 3.63) is 47.5 Å². The van der Waals surface area contributed by atoms with Crippen molar-refractivity contribution < 1.29 is 0 Å². The molecule has 0 aliphatic carbocycles. The fourth-order valence-electron chi connectivity index (χ4n) is 2.56. The van der Waals surface area contributed by atoms with Gasteiger partial charge in [-0.3, -0.25) is 4.99 Å². The molecule has 1 heterocycles. The lowest BCUT2D eigenvalue weighted by molar-refractivity contribution is 0.590. The highest BCUT2D eigenvalue weighted by Crippen LogP contribution is 2.22. The number of nitrogens with one attached hydrogen (secondary N) is 2. The van der Waals surface area contributed by atoms with Gasteiger partial charge in [-0.25, -0.2) is 0 Å². The number of guanidine groups is 1. The average molecular weight is 342 g/mol. The minimum absolute atomic E-state index is 0.184. The summed E-state index contributed by atoms with van der Waals surface area (Å²) in [4.78, 5) is 4.28. The Hall–Kier alpha value is -2.37. The third-order valence-electron chi connectivity index (χ3n) is 4.16. The molecule has 2 aromatic rings. The maximum atomic E-state index is 4.28. The topological polar surface area (TPSA) is 67.1 Å². The summed E-state index contributed by atoms with van der Waals surface area (Å²) in [6, 6.07) is 8.74. The van der Waals surface area contributed by atoms with E-state index in [0.29, 0.717) is 0 Å². The Morgan fingerprint density at radius 2 is 1.88 bits per heavy atom. The minimum Gasteiger partial charge on any atom is -0.355 e. The number of rotatable bonds is 6. The number of nitrogens with zero attached hydrogens (tertiary/aromatic N) is 4. The van der Waals surface area contributed by atoms with Crippen molar-refractivity contribution in [3.63, 3.8) is 0 Å². The Bertz CT molecular complexity index is 679. The Kier molecular flexibility index (Phi) is 6.56. The second-order valence-electron chi connectivity index (χ2n) is 7.09. The van der Waals surface area contributed by atoms with E-state index >= 15 is 0 Å². The van der Waals surface area contributed by atoms with Crippen molar-refractivity contribution in [2.45, 2.75) is 52.6 Å². The quantitative estimate of drug-likeness (QED) is 0.625. The molecule has 1 aromatic carbocycles. The normalized spacial score (nSPS) is 12.3. The smallest absolute Gasteiger partial charge is 0.191 e. The second kappa shape index (κ2) is 8.65. The SMILES string of the molecule is CCc1nncn1CCNC(=NC)NCc1ccc(C(C)(C)C)cc1. The van der Waals surface area contributed by atoms with E-state index in [9.17, 15) is 0 Å². The molecule has 0 bridgehead atoms. The number of aromatic nitrogens is 3. The van der Waals surface area contributed by atoms with Crippen LogP contribution in [0.4, 0.5) is 0 Å². The van der Waals surface area contributed by atoms with Crippen LogP contribution in [0, 0.1) is 0 Å². The van der Waals surface area contributed by atoms with Gasteiger partial charge in [0.25, 0.3) is 0 Å². The predicted octanol–water partition coefficient (Wildman–Crippen LogP) is 2.50. The first-order valence-corrected chi connectivity index (χ1v) is 8.84. The Morgan fingerprint density at radius 1 is 1.16 bits per heavy atom. The van der Waals surface area contributed by atoms with Gasteiger partial charge >= 0.3 is 0 Å². The van der Waals surface area contributed by atoms with Crippen LogP contribution in [-0.2, 0) is 24.9 Å². The average Bonchev–Trinajstić information content (AvgIpc) is 3.05. The molecule has 2 N–H and O–H groups in total. The Morgan fingerprint density at radius 3 is 2.48 bits per heavy atom. The zero-order valence-electron chi connectivity index (χ0n) is 16.0. The molecule has 0 saturated heterocycles. The molecule has 0 radical (unpaired) electrons. The fraction of sp³-hybridized carbons (Fsp3) is 0.526. The molecule has 0 unspecified atom stereocenters. The van der Waals surface area contributed by atoms with Crippen molar-refractivity contribution >= 4 is 5.96 Å². The number of hydrogen-bond donors (Lipinski definition) is 2. The third-order valence-corrected chi connectivity index (χ3v) is 4.16. The maximum Gasteiger partial charge on any atom is 0.191 e. The molecule has 1 aromatic heterocycles. The van der Waals surface area contributed by atoms with Gasteiger partial charge in [-0.05, 0) is 16.5 Å². The van der Waals surface area contributed by atoms with Crippen LogP contribution in [0.15, 0.2) is 35.6 Å². The van der Waals surface area contributed by atoms with E-state index in [2.05, 4.69) is 82.4 Å². The summed E-state index contributed by atoms with van der Waals surface area (Å²) in [6.45, 7) is 11.1. The van der Waals surface area contributed by atoms with Crippen LogP contribution in [0.25, 0.3) is 0 Å². The highest BCUT2D eigenvalue weighted by atomic mass is 15.3. The first-order chi connectivity index (χ1) is 11.9. The Labute approximate surface area is 150 Å². The fourth-order valence-corrected chi connectivity index (χ4v) is 2.56. The molecule has 0 saturated carbocycles. The minimum atomic E-state index is 0.184. The zero-order chi connectivity index (χ0) is 18.3. The molecule has 0 fully saturated rings. The highest BCUT2D eigenvalue weighted by Gasteiger charge is 2.12. The van der Waals surface area contributed by atoms with E-state index in [1.54, 1.807) is 13.4 Å². The van der Waals surface area contributed by atoms with E-state index in [1.165, 1.54) is 11.1 Å². The van der Waals surface area contributed by atoms with Crippen LogP contribution in [-0.4, -0.2) is 34.3 Å². The lowest BCUT2D eigenvalue weighted by Crippen LogP contribution is -2.38. The van der Waals surface area contributed by atoms with Gasteiger partial charge < -0.3 is 15.2 Å². The monoisotopic (exact) mass is 342 g/mol. The van der Waals surface area contributed by atoms with Crippen LogP contribution in [0.3, 0.4) is 0 Å². The molecule has 0 aliphatic heterocycles. The maximum absolute atomic E-state index is 4.28. The summed E-state index contributed by atoms with van der Waals surface area (Å²) in [5, 5.41) is 14.7. The van der Waals surface area contributed by atoms with Crippen LogP contribution in [0.1, 0.15) is 44.6 Å². The molecule has 2 rings (SSSR count). The van der Waals surface area contributed by atoms with Crippen LogP contribution in [0.5, 0.6) is 0 Å². The van der Waals surface area contributed by atoms with Crippen LogP contribution < -0.4 is 10.6 Å². The molecular formula is C19H30N6. The van der Waals surface area contributed by atoms with Gasteiger partial charge in [0, 0.05) is 33.1 Å². The molecule has 0 amide bonds. The van der Waals surface area contributed by atoms with Gasteiger partial charge in [-0.15, -0.1) is 10.2 Å². The number of hydrogen-bond acceptors (Lipinski definition) is 3. The lowest BCUT2D eigenvalue weighted by atomic mass is 9.87. The van der Waals surface area contributed by atoms with Crippen molar-refractivity contribution in [2.75, 3.05) is 13.6 Å². The lowest BCUT2D eigenvalue weighted by Gasteiger charge is -2.19. The highest BCUT2D eigenvalue weighted by molar-refractivity contribution is 5.79. The van der Waals surface area contributed by atoms with E-state index in [4.69, 9.17) is 0 Å². The molecular weight excluding hydrogens is 312 g/mol. The van der Waals surface area contributed by atoms with E-state index in [1.807, 2.05) is 0 Å². The van der Waals surface area contributed by atoms with Gasteiger partial charge in [0.2, 0.25) is 0 Å². The number of aryl methyl sites for hydroxylation is 1. The summed E-state index contributed by atoms with van der Waals surface area (Å²) < 4.78 is 2.06. The third kappa shape index (κ3) is 5.59. The molecule has 0 spiro atoms. The number of aliphatic imine (C=N–C) groups is 1. The number of benzene rings is 1. The van der Waals surface area contributed by atoms with Gasteiger partial charge in [-0.2, -0.15) is 0 Å². The Balaban J connectivity index is 1.80. The van der Waals surface area contributed by atoms with E-state index in [0.717, 1.165) is 37.8 Å². The molecule has 0 atom stereocenters. The van der Waals surface area contributed by atoms with E-state index in [-0.39, 0.29) is 5.41 Å². The van der Waals surface area contributed by atoms with Crippen LogP contribution >= 0.6 is 0 Å². The van der Waals surface area contributed by atoms with Crippen molar-refractivity contribution in [1.82, 2.24) is 25.4 Å². The summed E-state index contributed by atoms with van der Waals surface area (Å²) >= 11 is 0. The largest absolute Gasteiger partial charge is 0.355 e. The molecule has 25 heavy (non-hydrogen) atoms. The van der Waals surface area contributed by atoms with Crippen LogP contribution in [0.2, 0.25) is 0 Å². The summed E-state index contributed by atoms with van der Waals surface area (Å²) in [5.74, 6) is 1.80. The van der Waals surface area contributed by atoms with Crippen molar-refractivity contribution in [1.29, 1.82) is 0 Å². The second-order valence-corrected chi connectivity index (χ2v) is 7.09. The zero-order valence-corrected chi connectivity index (χ0v) is 16.0. The van der Waals surface area contributed by atoms with Gasteiger partial charge in [0.15, 0.2) is 5.96 Å². The van der Waals surface area contributed by atoms with Gasteiger partial charge in [-0.1, -0.05) is 52.0 Å². The molecule has 136 valence electrons. The molecule has 6 heteroatoms. The molecule has 0 aliphatic rings. The summed E-state index contributed by atoms with van der Waals surface area (Å²) in [6.07, 6.45) is 2.66.